The molecule has 0 heterocycles. The Bertz CT molecular complexity index is 149. The van der Waals surface area contributed by atoms with E-state index in [1.54, 1.807) is 44.9 Å². The first-order chi connectivity index (χ1) is 5.43. The van der Waals surface area contributed by atoms with Crippen molar-refractivity contribution in [3.8, 4) is 0 Å². The minimum absolute atomic E-state index is 1.16. The average Bonchev–Trinajstić information content (AvgIpc) is 2.89. The van der Waals surface area contributed by atoms with Gasteiger partial charge in [-0.3, -0.25) is 0 Å². The Morgan fingerprint density at radius 3 is 1.55 bits per heavy atom. The largest absolute Gasteiger partial charge is 0.0502 e. The molecule has 0 aromatic rings. The molecule has 62 valence electrons. The van der Waals surface area contributed by atoms with Crippen LogP contribution < -0.4 is 0 Å². The Morgan fingerprint density at radius 2 is 1.18 bits per heavy atom. The van der Waals surface area contributed by atoms with Crippen molar-refractivity contribution in [1.82, 2.24) is 0 Å². The Morgan fingerprint density at radius 1 is 0.636 bits per heavy atom. The number of hydrogen-bond acceptors (Lipinski definition) is 0. The van der Waals surface area contributed by atoms with E-state index in [0.717, 1.165) is 5.92 Å². The molecule has 0 radical (unpaired) electrons. The van der Waals surface area contributed by atoms with E-state index in [2.05, 4.69) is 0 Å². The van der Waals surface area contributed by atoms with E-state index in [4.69, 9.17) is 0 Å². The van der Waals surface area contributed by atoms with E-state index in [-0.39, 0.29) is 0 Å². The standard InChI is InChI=1S/C11H18/c1-3-9-4-2-8(1)7-11(9)10-5-6-10/h8-11H,1-7H2. The molecule has 4 rings (SSSR count). The molecule has 0 heteroatoms. The Labute approximate surface area is 69.4 Å². The fourth-order valence-electron chi connectivity index (χ4n) is 3.53. The molecule has 4 aliphatic rings. The molecule has 0 aromatic heterocycles. The smallest absolute Gasteiger partial charge is 0.0355 e. The molecule has 1 unspecified atom stereocenters. The first-order valence-corrected chi connectivity index (χ1v) is 5.43. The maximum atomic E-state index is 1.62. The highest BCUT2D eigenvalue weighted by Gasteiger charge is 2.42. The van der Waals surface area contributed by atoms with Crippen LogP contribution in [-0.2, 0) is 0 Å². The van der Waals surface area contributed by atoms with E-state index in [1.165, 1.54) is 17.8 Å². The highest BCUT2D eigenvalue weighted by molar-refractivity contribution is 4.93. The zero-order chi connectivity index (χ0) is 7.26. The number of rotatable bonds is 1. The van der Waals surface area contributed by atoms with Crippen molar-refractivity contribution in [2.24, 2.45) is 23.7 Å². The van der Waals surface area contributed by atoms with Gasteiger partial charge in [0.25, 0.3) is 0 Å². The van der Waals surface area contributed by atoms with Crippen LogP contribution in [0.3, 0.4) is 0 Å². The number of hydrogen-bond donors (Lipinski definition) is 0. The third-order valence-corrected chi connectivity index (χ3v) is 4.33. The van der Waals surface area contributed by atoms with Gasteiger partial charge in [0.2, 0.25) is 0 Å². The molecular formula is C11H18. The van der Waals surface area contributed by atoms with E-state index >= 15 is 0 Å². The molecular weight excluding hydrogens is 132 g/mol. The minimum Gasteiger partial charge on any atom is -0.0502 e. The first kappa shape index (κ1) is 6.51. The van der Waals surface area contributed by atoms with Crippen LogP contribution in [0.4, 0.5) is 0 Å². The summed E-state index contributed by atoms with van der Waals surface area (Å²) in [6.45, 7) is 0. The molecule has 0 aromatic carbocycles. The van der Waals surface area contributed by atoms with Crippen LogP contribution in [0.15, 0.2) is 0 Å². The zero-order valence-corrected chi connectivity index (χ0v) is 7.26. The van der Waals surface area contributed by atoms with E-state index < -0.39 is 0 Å². The predicted molar refractivity (Wildman–Crippen MR) is 46.3 cm³/mol. The van der Waals surface area contributed by atoms with Gasteiger partial charge >= 0.3 is 0 Å². The van der Waals surface area contributed by atoms with Crippen molar-refractivity contribution in [3.63, 3.8) is 0 Å². The lowest BCUT2D eigenvalue weighted by molar-refractivity contribution is 0.0843. The summed E-state index contributed by atoms with van der Waals surface area (Å²) >= 11 is 0. The topological polar surface area (TPSA) is 0 Å². The van der Waals surface area contributed by atoms with Gasteiger partial charge in [0.05, 0.1) is 0 Å². The van der Waals surface area contributed by atoms with Gasteiger partial charge in [-0.1, -0.05) is 12.8 Å². The molecule has 0 nitrogen and oxygen atoms in total. The van der Waals surface area contributed by atoms with Gasteiger partial charge in [-0.25, -0.2) is 0 Å². The summed E-state index contributed by atoms with van der Waals surface area (Å²) in [7, 11) is 0. The van der Waals surface area contributed by atoms with Crippen LogP contribution in [0, 0.1) is 23.7 Å². The lowest BCUT2D eigenvalue weighted by atomic mass is 9.63. The summed E-state index contributed by atoms with van der Waals surface area (Å²) in [6.07, 6.45) is 11.1. The van der Waals surface area contributed by atoms with Crippen LogP contribution in [0.1, 0.15) is 44.9 Å². The molecule has 2 bridgehead atoms. The molecule has 0 amide bonds. The van der Waals surface area contributed by atoms with Gasteiger partial charge in [-0.2, -0.15) is 0 Å². The second kappa shape index (κ2) is 2.24. The third-order valence-electron chi connectivity index (χ3n) is 4.33. The maximum Gasteiger partial charge on any atom is -0.0355 e. The van der Waals surface area contributed by atoms with Gasteiger partial charge in [-0.15, -0.1) is 0 Å². The van der Waals surface area contributed by atoms with Crippen molar-refractivity contribution < 1.29 is 0 Å². The predicted octanol–water partition coefficient (Wildman–Crippen LogP) is 3.22. The number of fused-ring (bicyclic) bond motifs is 3. The van der Waals surface area contributed by atoms with Crippen LogP contribution in [0.2, 0.25) is 0 Å². The molecule has 0 spiro atoms. The molecule has 11 heavy (non-hydrogen) atoms. The molecule has 4 saturated carbocycles. The summed E-state index contributed by atoms with van der Waals surface area (Å²) in [5.74, 6) is 4.73. The van der Waals surface area contributed by atoms with Crippen molar-refractivity contribution in [2.45, 2.75) is 44.9 Å². The van der Waals surface area contributed by atoms with Crippen molar-refractivity contribution in [3.05, 3.63) is 0 Å². The monoisotopic (exact) mass is 150 g/mol. The van der Waals surface area contributed by atoms with Gasteiger partial charge in [0.1, 0.15) is 0 Å². The Hall–Kier alpha value is 0. The van der Waals surface area contributed by atoms with Crippen LogP contribution in [-0.4, -0.2) is 0 Å². The highest BCUT2D eigenvalue weighted by atomic mass is 14.5. The fraction of sp³-hybridized carbons (Fsp3) is 1.00. The zero-order valence-electron chi connectivity index (χ0n) is 7.26. The molecule has 0 saturated heterocycles. The summed E-state index contributed by atoms with van der Waals surface area (Å²) in [6, 6.07) is 0. The van der Waals surface area contributed by atoms with E-state index in [9.17, 15) is 0 Å². The van der Waals surface area contributed by atoms with Crippen molar-refractivity contribution >= 4 is 0 Å². The quantitative estimate of drug-likeness (QED) is 0.538. The summed E-state index contributed by atoms with van der Waals surface area (Å²) < 4.78 is 0. The molecule has 0 aliphatic heterocycles. The van der Waals surface area contributed by atoms with Crippen LogP contribution in [0.5, 0.6) is 0 Å². The van der Waals surface area contributed by atoms with Gasteiger partial charge in [-0.05, 0) is 55.8 Å². The maximum absolute atomic E-state index is 1.62. The lowest BCUT2D eigenvalue weighted by Crippen LogP contribution is -2.32. The SMILES string of the molecule is C1CC2CCC1CC2C1CC1. The first-order valence-electron chi connectivity index (χ1n) is 5.43. The highest BCUT2D eigenvalue weighted by Crippen LogP contribution is 2.53. The minimum atomic E-state index is 1.16. The third kappa shape index (κ3) is 1.02. The van der Waals surface area contributed by atoms with Crippen LogP contribution in [0.25, 0.3) is 0 Å². The molecule has 0 N–H and O–H groups in total. The van der Waals surface area contributed by atoms with Crippen LogP contribution >= 0.6 is 0 Å². The van der Waals surface area contributed by atoms with Gasteiger partial charge in [0.15, 0.2) is 0 Å². The normalized spacial score (nSPS) is 49.6. The van der Waals surface area contributed by atoms with Gasteiger partial charge < -0.3 is 0 Å². The summed E-state index contributed by atoms with van der Waals surface area (Å²) in [4.78, 5) is 0. The van der Waals surface area contributed by atoms with E-state index in [0.29, 0.717) is 0 Å². The Balaban J connectivity index is 1.75. The molecule has 1 atom stereocenters. The summed E-state index contributed by atoms with van der Waals surface area (Å²) in [5, 5.41) is 0. The second-order valence-electron chi connectivity index (χ2n) is 5.02. The van der Waals surface area contributed by atoms with Crippen molar-refractivity contribution in [2.75, 3.05) is 0 Å². The summed E-state index contributed by atoms with van der Waals surface area (Å²) in [5.41, 5.74) is 0. The molecule has 4 aliphatic carbocycles. The fourth-order valence-corrected chi connectivity index (χ4v) is 3.53. The van der Waals surface area contributed by atoms with E-state index in [1.807, 2.05) is 0 Å². The van der Waals surface area contributed by atoms with Gasteiger partial charge in [0, 0.05) is 0 Å². The van der Waals surface area contributed by atoms with Crippen molar-refractivity contribution in [1.29, 1.82) is 0 Å². The molecule has 4 fully saturated rings. The second-order valence-corrected chi connectivity index (χ2v) is 5.02. The lowest BCUT2D eigenvalue weighted by Gasteiger charge is -2.42. The Kier molecular flexibility index (Phi) is 1.33. The average molecular weight is 150 g/mol.